The average Bonchev–Trinajstić information content (AvgIpc) is 3.28. The van der Waals surface area contributed by atoms with Crippen LogP contribution in [0.4, 0.5) is 4.39 Å². The first-order chi connectivity index (χ1) is 12.5. The Morgan fingerprint density at radius 3 is 3.04 bits per heavy atom. The van der Waals surface area contributed by atoms with E-state index in [1.165, 1.54) is 34.7 Å². The molecule has 1 spiro atoms. The Balaban J connectivity index is 1.55. The topological polar surface area (TPSA) is 78.4 Å². The summed E-state index contributed by atoms with van der Waals surface area (Å²) in [6.45, 7) is 3.95. The van der Waals surface area contributed by atoms with Gasteiger partial charge in [-0.25, -0.2) is 9.40 Å². The number of amides is 2. The van der Waals surface area contributed by atoms with Crippen molar-refractivity contribution in [2.24, 2.45) is 0 Å². The van der Waals surface area contributed by atoms with Crippen LogP contribution in [0.5, 0.6) is 0 Å². The van der Waals surface area contributed by atoms with Gasteiger partial charge in [-0.2, -0.15) is 0 Å². The van der Waals surface area contributed by atoms with E-state index in [-0.39, 0.29) is 23.8 Å². The van der Waals surface area contributed by atoms with E-state index < -0.39 is 11.4 Å². The number of rotatable bonds is 3. The molecule has 0 radical (unpaired) electrons. The van der Waals surface area contributed by atoms with E-state index in [1.54, 1.807) is 6.07 Å². The highest BCUT2D eigenvalue weighted by Gasteiger charge is 2.52. The van der Waals surface area contributed by atoms with E-state index in [9.17, 15) is 14.0 Å². The van der Waals surface area contributed by atoms with E-state index >= 15 is 0 Å². The van der Waals surface area contributed by atoms with Gasteiger partial charge >= 0.3 is 0 Å². The first kappa shape index (κ1) is 17.0. The minimum absolute atomic E-state index is 0.188. The molecule has 7 nitrogen and oxygen atoms in total. The maximum Gasteiger partial charge on any atom is 0.272 e. The molecule has 136 valence electrons. The van der Waals surface area contributed by atoms with Gasteiger partial charge in [0.25, 0.3) is 5.91 Å². The molecule has 0 bridgehead atoms. The van der Waals surface area contributed by atoms with E-state index in [0.29, 0.717) is 19.5 Å². The fraction of sp³-hybridized carbons (Fsp3) is 0.412. The number of hydrazine groups is 1. The summed E-state index contributed by atoms with van der Waals surface area (Å²) in [5.74, 6) is -1.04. The van der Waals surface area contributed by atoms with E-state index in [1.807, 2.05) is 6.92 Å². The Bertz CT molecular complexity index is 872. The molecule has 4 rings (SSSR count). The Hall–Kier alpha value is -2.39. The van der Waals surface area contributed by atoms with Crippen molar-refractivity contribution in [1.82, 2.24) is 24.9 Å². The zero-order valence-electron chi connectivity index (χ0n) is 14.2. The monoisotopic (exact) mass is 375 g/mol. The van der Waals surface area contributed by atoms with Gasteiger partial charge < -0.3 is 0 Å². The van der Waals surface area contributed by atoms with Crippen LogP contribution >= 0.6 is 11.5 Å². The first-order valence-corrected chi connectivity index (χ1v) is 9.14. The average molecular weight is 375 g/mol. The number of halogens is 1. The van der Waals surface area contributed by atoms with Crippen molar-refractivity contribution in [3.63, 3.8) is 0 Å². The van der Waals surface area contributed by atoms with E-state index in [0.717, 1.165) is 17.1 Å². The number of nitrogens with one attached hydrogen (secondary N) is 1. The van der Waals surface area contributed by atoms with Crippen LogP contribution in [0.2, 0.25) is 0 Å². The zero-order chi connectivity index (χ0) is 18.3. The van der Waals surface area contributed by atoms with Crippen LogP contribution in [-0.2, 0) is 11.3 Å². The summed E-state index contributed by atoms with van der Waals surface area (Å²) < 4.78 is 17.4. The summed E-state index contributed by atoms with van der Waals surface area (Å²) in [4.78, 5) is 28.3. The van der Waals surface area contributed by atoms with Crippen LogP contribution in [0.25, 0.3) is 0 Å². The van der Waals surface area contributed by atoms with Gasteiger partial charge in [-0.3, -0.25) is 19.9 Å². The molecule has 2 aliphatic rings. The molecule has 9 heteroatoms. The van der Waals surface area contributed by atoms with Gasteiger partial charge in [0.05, 0.1) is 22.5 Å². The molecule has 2 fully saturated rings. The number of likely N-dealkylation sites (tertiary alicyclic amines) is 1. The highest BCUT2D eigenvalue weighted by Crippen LogP contribution is 2.36. The van der Waals surface area contributed by atoms with Gasteiger partial charge in [0.2, 0.25) is 5.91 Å². The molecule has 2 amide bonds. The third kappa shape index (κ3) is 2.97. The first-order valence-electron chi connectivity index (χ1n) is 8.37. The lowest BCUT2D eigenvalue weighted by Gasteiger charge is -2.33. The fourth-order valence-electron chi connectivity index (χ4n) is 3.68. The quantitative estimate of drug-likeness (QED) is 0.880. The maximum absolute atomic E-state index is 13.5. The molecule has 1 aromatic carbocycles. The number of carbonyl (C=O) groups is 2. The molecule has 1 N–H and O–H groups in total. The van der Waals surface area contributed by atoms with E-state index in [4.69, 9.17) is 0 Å². The SMILES string of the molecule is Cc1nnsc1CN1CCC2(CC(=O)NN2C(=O)c2cccc(F)c2)C1. The standard InChI is InChI=1S/C17H18FN5O2S/c1-11-14(26-21-19-11)9-22-6-5-17(10-22)8-15(24)20-23(17)16(25)12-3-2-4-13(18)7-12/h2-4,7H,5-6,8-10H2,1H3,(H,20,24). The number of nitrogens with zero attached hydrogens (tertiary/aromatic N) is 4. The summed E-state index contributed by atoms with van der Waals surface area (Å²) in [5, 5.41) is 5.43. The van der Waals surface area contributed by atoms with Crippen LogP contribution in [0.3, 0.4) is 0 Å². The van der Waals surface area contributed by atoms with Crippen molar-refractivity contribution >= 4 is 23.3 Å². The highest BCUT2D eigenvalue weighted by molar-refractivity contribution is 7.05. The number of benzene rings is 1. The minimum Gasteiger partial charge on any atom is -0.296 e. The van der Waals surface area contributed by atoms with Gasteiger partial charge in [0.1, 0.15) is 5.82 Å². The van der Waals surface area contributed by atoms with Gasteiger partial charge in [0, 0.05) is 25.2 Å². The second-order valence-electron chi connectivity index (χ2n) is 6.83. The van der Waals surface area contributed by atoms with Crippen molar-refractivity contribution in [3.8, 4) is 0 Å². The summed E-state index contributed by atoms with van der Waals surface area (Å²) in [6.07, 6.45) is 0.933. The molecular formula is C17H18FN5O2S. The normalized spacial score (nSPS) is 23.0. The summed E-state index contributed by atoms with van der Waals surface area (Å²) >= 11 is 1.37. The van der Waals surface area contributed by atoms with Gasteiger partial charge in [-0.05, 0) is 43.1 Å². The van der Waals surface area contributed by atoms with Gasteiger partial charge in [-0.15, -0.1) is 5.10 Å². The molecule has 26 heavy (non-hydrogen) atoms. The second-order valence-corrected chi connectivity index (χ2v) is 7.67. The molecule has 2 aliphatic heterocycles. The number of aryl methyl sites for hydroxylation is 1. The maximum atomic E-state index is 13.5. The van der Waals surface area contributed by atoms with Crippen LogP contribution in [-0.4, -0.2) is 49.9 Å². The molecule has 2 aromatic rings. The Labute approximate surface area is 153 Å². The van der Waals surface area contributed by atoms with Crippen molar-refractivity contribution in [2.75, 3.05) is 13.1 Å². The van der Waals surface area contributed by atoms with Crippen LogP contribution in [0.15, 0.2) is 24.3 Å². The molecule has 1 unspecified atom stereocenters. The summed E-state index contributed by atoms with van der Waals surface area (Å²) in [5.41, 5.74) is 3.20. The lowest BCUT2D eigenvalue weighted by atomic mass is 9.94. The van der Waals surface area contributed by atoms with E-state index in [2.05, 4.69) is 19.9 Å². The predicted octanol–water partition coefficient (Wildman–Crippen LogP) is 1.51. The Kier molecular flexibility index (Phi) is 4.20. The van der Waals surface area contributed by atoms with Crippen molar-refractivity contribution in [2.45, 2.75) is 31.8 Å². The van der Waals surface area contributed by atoms with Crippen molar-refractivity contribution < 1.29 is 14.0 Å². The Morgan fingerprint density at radius 2 is 2.31 bits per heavy atom. The number of hydrogen-bond donors (Lipinski definition) is 1. The van der Waals surface area contributed by atoms with Crippen LogP contribution in [0.1, 0.15) is 33.8 Å². The predicted molar refractivity (Wildman–Crippen MR) is 92.6 cm³/mol. The van der Waals surface area contributed by atoms with Gasteiger partial charge in [0.15, 0.2) is 0 Å². The Morgan fingerprint density at radius 1 is 1.46 bits per heavy atom. The summed E-state index contributed by atoms with van der Waals surface area (Å²) in [7, 11) is 0. The van der Waals surface area contributed by atoms with Crippen LogP contribution in [0, 0.1) is 12.7 Å². The molecule has 0 saturated carbocycles. The minimum atomic E-state index is -0.605. The molecule has 0 aliphatic carbocycles. The number of hydrogen-bond acceptors (Lipinski definition) is 6. The largest absolute Gasteiger partial charge is 0.296 e. The lowest BCUT2D eigenvalue weighted by Crippen LogP contribution is -2.53. The molecule has 1 aromatic heterocycles. The fourth-order valence-corrected chi connectivity index (χ4v) is 4.35. The van der Waals surface area contributed by atoms with Crippen molar-refractivity contribution in [3.05, 3.63) is 46.2 Å². The third-order valence-corrected chi connectivity index (χ3v) is 5.81. The summed E-state index contributed by atoms with van der Waals surface area (Å²) in [6, 6.07) is 5.54. The van der Waals surface area contributed by atoms with Crippen LogP contribution < -0.4 is 5.43 Å². The molecular weight excluding hydrogens is 357 g/mol. The van der Waals surface area contributed by atoms with Crippen molar-refractivity contribution in [1.29, 1.82) is 0 Å². The van der Waals surface area contributed by atoms with Gasteiger partial charge in [-0.1, -0.05) is 10.6 Å². The second kappa shape index (κ2) is 6.40. The lowest BCUT2D eigenvalue weighted by molar-refractivity contribution is -0.120. The number of aromatic nitrogens is 2. The number of carbonyl (C=O) groups excluding carboxylic acids is 2. The molecule has 1 atom stereocenters. The molecule has 3 heterocycles. The smallest absolute Gasteiger partial charge is 0.272 e. The molecule has 2 saturated heterocycles. The third-order valence-electron chi connectivity index (χ3n) is 5.00. The highest BCUT2D eigenvalue weighted by atomic mass is 32.1. The zero-order valence-corrected chi connectivity index (χ0v) is 15.1.